The van der Waals surface area contributed by atoms with Gasteiger partial charge in [-0.25, -0.2) is 4.79 Å². The maximum Gasteiger partial charge on any atom is 0.340 e. The van der Waals surface area contributed by atoms with Gasteiger partial charge in [0.1, 0.15) is 0 Å². The van der Waals surface area contributed by atoms with Crippen molar-refractivity contribution in [2.75, 3.05) is 19.4 Å². The molecule has 2 aromatic carbocycles. The van der Waals surface area contributed by atoms with Gasteiger partial charge in [0.25, 0.3) is 5.91 Å². The highest BCUT2D eigenvalue weighted by atomic mass is 35.5. The van der Waals surface area contributed by atoms with E-state index in [1.54, 1.807) is 12.1 Å². The van der Waals surface area contributed by atoms with Crippen LogP contribution in [0.3, 0.4) is 0 Å². The van der Waals surface area contributed by atoms with E-state index in [9.17, 15) is 9.59 Å². The first-order valence-electron chi connectivity index (χ1n) is 7.83. The molecule has 0 fully saturated rings. The van der Waals surface area contributed by atoms with Crippen molar-refractivity contribution in [2.24, 2.45) is 0 Å². The second-order valence-corrected chi connectivity index (χ2v) is 6.82. The molecule has 2 aromatic rings. The van der Waals surface area contributed by atoms with Crippen molar-refractivity contribution in [2.45, 2.75) is 17.7 Å². The molecule has 1 atom stereocenters. The minimum atomic E-state index is -0.604. The van der Waals surface area contributed by atoms with Crippen molar-refractivity contribution in [1.29, 1.82) is 0 Å². The van der Waals surface area contributed by atoms with Gasteiger partial charge in [-0.3, -0.25) is 4.79 Å². The second-order valence-electron chi connectivity index (χ2n) is 5.54. The highest BCUT2D eigenvalue weighted by molar-refractivity contribution is 7.98. The Labute approximate surface area is 156 Å². The number of nitrogens with one attached hydrogen (secondary N) is 1. The van der Waals surface area contributed by atoms with Crippen LogP contribution in [0.4, 0.5) is 0 Å². The number of esters is 1. The quantitative estimate of drug-likeness (QED) is 0.582. The Morgan fingerprint density at radius 2 is 1.92 bits per heavy atom. The summed E-state index contributed by atoms with van der Waals surface area (Å²) >= 11 is 7.52. The highest BCUT2D eigenvalue weighted by Crippen LogP contribution is 2.23. The zero-order chi connectivity index (χ0) is 18.2. The van der Waals surface area contributed by atoms with Crippen LogP contribution < -0.4 is 5.32 Å². The lowest BCUT2D eigenvalue weighted by Gasteiger charge is -2.13. The number of ether oxygens (including phenoxy) is 1. The molecule has 0 radical (unpaired) electrons. The van der Waals surface area contributed by atoms with Gasteiger partial charge in [0, 0.05) is 11.4 Å². The van der Waals surface area contributed by atoms with E-state index < -0.39 is 5.97 Å². The van der Waals surface area contributed by atoms with E-state index >= 15 is 0 Å². The number of rotatable bonds is 7. The number of benzene rings is 2. The first kappa shape index (κ1) is 19.3. The summed E-state index contributed by atoms with van der Waals surface area (Å²) in [6.45, 7) is 2.17. The van der Waals surface area contributed by atoms with E-state index in [4.69, 9.17) is 16.3 Å². The highest BCUT2D eigenvalue weighted by Gasteiger charge is 2.15. The van der Waals surface area contributed by atoms with Crippen molar-refractivity contribution in [3.05, 3.63) is 64.7 Å². The average molecular weight is 378 g/mol. The Morgan fingerprint density at radius 1 is 1.20 bits per heavy atom. The van der Waals surface area contributed by atoms with E-state index in [2.05, 4.69) is 5.32 Å². The van der Waals surface area contributed by atoms with E-state index in [1.165, 1.54) is 11.8 Å². The zero-order valence-electron chi connectivity index (χ0n) is 14.1. The lowest BCUT2D eigenvalue weighted by Crippen LogP contribution is -2.31. The summed E-state index contributed by atoms with van der Waals surface area (Å²) in [5.74, 6) is -0.769. The van der Waals surface area contributed by atoms with Crippen molar-refractivity contribution in [1.82, 2.24) is 5.32 Å². The molecule has 4 nitrogen and oxygen atoms in total. The van der Waals surface area contributed by atoms with E-state index in [0.29, 0.717) is 11.6 Å². The average Bonchev–Trinajstić information content (AvgIpc) is 2.65. The number of amides is 1. The summed E-state index contributed by atoms with van der Waals surface area (Å²) in [5.41, 5.74) is 1.40. The Hall–Kier alpha value is -1.98. The Morgan fingerprint density at radius 3 is 2.60 bits per heavy atom. The molecule has 0 aliphatic rings. The van der Waals surface area contributed by atoms with Gasteiger partial charge in [-0.15, -0.1) is 11.8 Å². The molecule has 2 rings (SSSR count). The lowest BCUT2D eigenvalue weighted by molar-refractivity contribution is -0.124. The number of carbonyl (C=O) groups excluding carboxylic acids is 2. The number of thioether (sulfide) groups is 1. The smallest absolute Gasteiger partial charge is 0.340 e. The molecule has 0 bridgehead atoms. The molecular weight excluding hydrogens is 358 g/mol. The minimum absolute atomic E-state index is 0.175. The first-order valence-corrected chi connectivity index (χ1v) is 9.44. The zero-order valence-corrected chi connectivity index (χ0v) is 15.7. The lowest BCUT2D eigenvalue weighted by atomic mass is 10.0. The van der Waals surface area contributed by atoms with Gasteiger partial charge in [-0.1, -0.05) is 48.9 Å². The maximum atomic E-state index is 12.1. The summed E-state index contributed by atoms with van der Waals surface area (Å²) in [5, 5.41) is 3.08. The van der Waals surface area contributed by atoms with Crippen LogP contribution in [0.5, 0.6) is 0 Å². The third-order valence-corrected chi connectivity index (χ3v) is 4.76. The molecule has 0 unspecified atom stereocenters. The summed E-state index contributed by atoms with van der Waals surface area (Å²) in [6.07, 6.45) is 1.90. The van der Waals surface area contributed by atoms with Crippen LogP contribution in [0.1, 0.15) is 28.8 Å². The van der Waals surface area contributed by atoms with Crippen LogP contribution in [0.2, 0.25) is 5.02 Å². The fourth-order valence-corrected chi connectivity index (χ4v) is 2.85. The van der Waals surface area contributed by atoms with Crippen LogP contribution in [-0.2, 0) is 9.53 Å². The number of hydrogen-bond acceptors (Lipinski definition) is 4. The summed E-state index contributed by atoms with van der Waals surface area (Å²) < 4.78 is 5.06. The third-order valence-electron chi connectivity index (χ3n) is 3.70. The molecule has 1 N–H and O–H groups in total. The topological polar surface area (TPSA) is 55.4 Å². The summed E-state index contributed by atoms with van der Waals surface area (Å²) in [6, 6.07) is 15.0. The van der Waals surface area contributed by atoms with Gasteiger partial charge in [0.05, 0.1) is 10.6 Å². The number of halogens is 1. The van der Waals surface area contributed by atoms with Crippen molar-refractivity contribution in [3.8, 4) is 0 Å². The SMILES string of the molecule is CSc1ccc(Cl)c(C(=O)OCC(=O)NC[C@@H](C)c2ccccc2)c1. The Bertz CT molecular complexity index is 737. The van der Waals surface area contributed by atoms with Crippen LogP contribution >= 0.6 is 23.4 Å². The standard InChI is InChI=1S/C19H20ClNO3S/c1-13(14-6-4-3-5-7-14)11-21-18(22)12-24-19(23)16-10-15(25-2)8-9-17(16)20/h3-10,13H,11-12H2,1-2H3,(H,21,22)/t13-/m1/s1. The molecule has 6 heteroatoms. The maximum absolute atomic E-state index is 12.1. The predicted octanol–water partition coefficient (Wildman–Crippen LogP) is 4.14. The molecule has 0 saturated heterocycles. The molecule has 0 spiro atoms. The van der Waals surface area contributed by atoms with Crippen LogP contribution in [0.15, 0.2) is 53.4 Å². The van der Waals surface area contributed by atoms with Gasteiger partial charge >= 0.3 is 5.97 Å². The van der Waals surface area contributed by atoms with E-state index in [0.717, 1.165) is 10.5 Å². The van der Waals surface area contributed by atoms with Crippen LogP contribution in [0, 0.1) is 0 Å². The van der Waals surface area contributed by atoms with Crippen molar-refractivity contribution in [3.63, 3.8) is 0 Å². The van der Waals surface area contributed by atoms with Crippen molar-refractivity contribution >= 4 is 35.2 Å². The minimum Gasteiger partial charge on any atom is -0.452 e. The van der Waals surface area contributed by atoms with Gasteiger partial charge in [0.2, 0.25) is 0 Å². The molecule has 132 valence electrons. The Kier molecular flexibility index (Phi) is 7.34. The van der Waals surface area contributed by atoms with Crippen LogP contribution in [0.25, 0.3) is 0 Å². The summed E-state index contributed by atoms with van der Waals surface area (Å²) in [4.78, 5) is 24.9. The Balaban J connectivity index is 1.82. The fraction of sp³-hybridized carbons (Fsp3) is 0.263. The molecule has 0 heterocycles. The first-order chi connectivity index (χ1) is 12.0. The molecular formula is C19H20ClNO3S. The van der Waals surface area contributed by atoms with E-state index in [1.807, 2.05) is 49.6 Å². The summed E-state index contributed by atoms with van der Waals surface area (Å²) in [7, 11) is 0. The second kappa shape index (κ2) is 9.49. The van der Waals surface area contributed by atoms with Crippen molar-refractivity contribution < 1.29 is 14.3 Å². The number of carbonyl (C=O) groups is 2. The fourth-order valence-electron chi connectivity index (χ4n) is 2.21. The molecule has 0 aromatic heterocycles. The monoisotopic (exact) mass is 377 g/mol. The molecule has 0 saturated carbocycles. The van der Waals surface area contributed by atoms with Gasteiger partial charge in [-0.05, 0) is 35.9 Å². The number of hydrogen-bond donors (Lipinski definition) is 1. The third kappa shape index (κ3) is 5.80. The van der Waals surface area contributed by atoms with Gasteiger partial charge < -0.3 is 10.1 Å². The van der Waals surface area contributed by atoms with Crippen LogP contribution in [-0.4, -0.2) is 31.3 Å². The van der Waals surface area contributed by atoms with Gasteiger partial charge in [-0.2, -0.15) is 0 Å². The predicted molar refractivity (Wildman–Crippen MR) is 101 cm³/mol. The van der Waals surface area contributed by atoms with Gasteiger partial charge in [0.15, 0.2) is 6.61 Å². The normalized spacial score (nSPS) is 11.6. The van der Waals surface area contributed by atoms with E-state index in [-0.39, 0.29) is 24.0 Å². The largest absolute Gasteiger partial charge is 0.452 e. The molecule has 0 aliphatic heterocycles. The molecule has 25 heavy (non-hydrogen) atoms. The molecule has 0 aliphatic carbocycles. The molecule has 1 amide bonds.